The third-order valence-corrected chi connectivity index (χ3v) is 4.77. The van der Waals surface area contributed by atoms with E-state index in [-0.39, 0.29) is 5.91 Å². The molecule has 2 aromatic rings. The molecule has 1 fully saturated rings. The zero-order chi connectivity index (χ0) is 19.8. The minimum atomic E-state index is -0.104. The first-order valence-corrected chi connectivity index (χ1v) is 9.69. The third kappa shape index (κ3) is 6.64. The number of benzene rings is 1. The Morgan fingerprint density at radius 1 is 1.18 bits per heavy atom. The van der Waals surface area contributed by atoms with E-state index >= 15 is 0 Å². The Morgan fingerprint density at radius 3 is 2.57 bits per heavy atom. The van der Waals surface area contributed by atoms with Crippen LogP contribution in [0.25, 0.3) is 6.08 Å². The van der Waals surface area contributed by atoms with Gasteiger partial charge in [0.15, 0.2) is 0 Å². The molecule has 0 radical (unpaired) electrons. The Morgan fingerprint density at radius 2 is 1.89 bits per heavy atom. The van der Waals surface area contributed by atoms with Crippen molar-refractivity contribution in [3.63, 3.8) is 0 Å². The maximum atomic E-state index is 12.1. The normalized spacial score (nSPS) is 16.6. The van der Waals surface area contributed by atoms with Crippen LogP contribution >= 0.6 is 11.6 Å². The summed E-state index contributed by atoms with van der Waals surface area (Å²) in [6.07, 6.45) is 5.09. The highest BCUT2D eigenvalue weighted by Gasteiger charge is 2.18. The number of piperazine rings is 1. The molecule has 1 amide bonds. The van der Waals surface area contributed by atoms with E-state index < -0.39 is 0 Å². The van der Waals surface area contributed by atoms with Crippen molar-refractivity contribution in [3.05, 3.63) is 64.6 Å². The van der Waals surface area contributed by atoms with Gasteiger partial charge in [-0.1, -0.05) is 23.7 Å². The van der Waals surface area contributed by atoms with Gasteiger partial charge in [-0.25, -0.2) is 5.43 Å². The van der Waals surface area contributed by atoms with Gasteiger partial charge in [0.2, 0.25) is 0 Å². The van der Waals surface area contributed by atoms with Crippen molar-refractivity contribution in [2.45, 2.75) is 13.5 Å². The molecule has 1 aromatic carbocycles. The molecule has 1 aromatic heterocycles. The van der Waals surface area contributed by atoms with Crippen LogP contribution in [0.5, 0.6) is 0 Å². The van der Waals surface area contributed by atoms with E-state index in [1.54, 1.807) is 12.5 Å². The molecule has 0 spiro atoms. The van der Waals surface area contributed by atoms with Gasteiger partial charge in [0.1, 0.15) is 5.76 Å². The molecule has 7 heteroatoms. The summed E-state index contributed by atoms with van der Waals surface area (Å²) in [5.41, 5.74) is 4.74. The van der Waals surface area contributed by atoms with Crippen LogP contribution in [0.15, 0.2) is 57.8 Å². The highest BCUT2D eigenvalue weighted by Crippen LogP contribution is 2.13. The van der Waals surface area contributed by atoms with Crippen molar-refractivity contribution >= 4 is 29.8 Å². The Labute approximate surface area is 170 Å². The maximum absolute atomic E-state index is 12.1. The smallest absolute Gasteiger partial charge is 0.254 e. The number of carbonyl (C=O) groups excluding carboxylic acids is 1. The topological polar surface area (TPSA) is 61.1 Å². The summed E-state index contributed by atoms with van der Waals surface area (Å²) in [6, 6.07) is 11.6. The number of furan rings is 1. The standard InChI is InChI=1S/C21H25ClN4O2/c1-17(13-20-3-2-12-28-20)14-23-24-21(27)16-26-10-8-25(9-11-26)15-18-4-6-19(22)7-5-18/h2-7,12-14H,8-11,15-16H2,1H3,(H,24,27)/b17-13+,23-14-. The molecule has 148 valence electrons. The molecule has 0 aliphatic carbocycles. The minimum Gasteiger partial charge on any atom is -0.465 e. The molecule has 0 atom stereocenters. The fourth-order valence-electron chi connectivity index (χ4n) is 3.03. The van der Waals surface area contributed by atoms with Gasteiger partial charge in [0, 0.05) is 37.7 Å². The highest BCUT2D eigenvalue weighted by molar-refractivity contribution is 6.30. The molecule has 3 rings (SSSR count). The van der Waals surface area contributed by atoms with Crippen LogP contribution in [0.2, 0.25) is 5.02 Å². The van der Waals surface area contributed by atoms with Crippen molar-refractivity contribution in [2.75, 3.05) is 32.7 Å². The van der Waals surface area contributed by atoms with Crippen LogP contribution in [0.3, 0.4) is 0 Å². The monoisotopic (exact) mass is 400 g/mol. The van der Waals surface area contributed by atoms with E-state index in [9.17, 15) is 4.79 Å². The molecule has 1 aliphatic heterocycles. The van der Waals surface area contributed by atoms with E-state index in [2.05, 4.69) is 32.5 Å². The number of hydrogen-bond acceptors (Lipinski definition) is 5. The van der Waals surface area contributed by atoms with Crippen LogP contribution in [0, 0.1) is 0 Å². The van der Waals surface area contributed by atoms with Crippen molar-refractivity contribution < 1.29 is 9.21 Å². The Hall–Kier alpha value is -2.41. The second-order valence-electron chi connectivity index (χ2n) is 6.88. The van der Waals surface area contributed by atoms with E-state index in [0.717, 1.165) is 49.1 Å². The average Bonchev–Trinajstić information content (AvgIpc) is 3.18. The molecule has 1 N–H and O–H groups in total. The highest BCUT2D eigenvalue weighted by atomic mass is 35.5. The first-order valence-electron chi connectivity index (χ1n) is 9.31. The van der Waals surface area contributed by atoms with Crippen LogP contribution in [0.1, 0.15) is 18.2 Å². The quantitative estimate of drug-likeness (QED) is 0.572. The van der Waals surface area contributed by atoms with Crippen LogP contribution in [0.4, 0.5) is 0 Å². The first kappa shape index (κ1) is 20.3. The Balaban J connectivity index is 1.36. The lowest BCUT2D eigenvalue weighted by molar-refractivity contribution is -0.122. The van der Waals surface area contributed by atoms with Gasteiger partial charge in [0.05, 0.1) is 19.0 Å². The zero-order valence-corrected chi connectivity index (χ0v) is 16.7. The lowest BCUT2D eigenvalue weighted by atomic mass is 10.2. The molecule has 1 aliphatic rings. The maximum Gasteiger partial charge on any atom is 0.254 e. The van der Waals surface area contributed by atoms with Gasteiger partial charge in [-0.2, -0.15) is 5.10 Å². The summed E-state index contributed by atoms with van der Waals surface area (Å²) in [4.78, 5) is 16.6. The number of carbonyl (C=O) groups is 1. The molecule has 0 unspecified atom stereocenters. The Kier molecular flexibility index (Phi) is 7.42. The number of nitrogens with one attached hydrogen (secondary N) is 1. The summed E-state index contributed by atoms with van der Waals surface area (Å²) in [6.45, 7) is 6.76. The zero-order valence-electron chi connectivity index (χ0n) is 16.0. The van der Waals surface area contributed by atoms with E-state index in [4.69, 9.17) is 16.0 Å². The number of hydrazone groups is 1. The predicted molar refractivity (Wildman–Crippen MR) is 112 cm³/mol. The fraction of sp³-hybridized carbons (Fsp3) is 0.333. The van der Waals surface area contributed by atoms with Crippen molar-refractivity contribution in [1.82, 2.24) is 15.2 Å². The second-order valence-corrected chi connectivity index (χ2v) is 7.31. The van der Waals surface area contributed by atoms with Gasteiger partial charge in [-0.3, -0.25) is 14.6 Å². The fourth-order valence-corrected chi connectivity index (χ4v) is 3.16. The molecular formula is C21H25ClN4O2. The van der Waals surface area contributed by atoms with Gasteiger partial charge in [-0.05, 0) is 48.4 Å². The number of hydrogen-bond donors (Lipinski definition) is 1. The van der Waals surface area contributed by atoms with Crippen LogP contribution < -0.4 is 5.43 Å². The predicted octanol–water partition coefficient (Wildman–Crippen LogP) is 3.26. The number of allylic oxidation sites excluding steroid dienone is 1. The molecule has 1 saturated heterocycles. The minimum absolute atomic E-state index is 0.104. The molecule has 2 heterocycles. The molecule has 28 heavy (non-hydrogen) atoms. The molecule has 0 bridgehead atoms. The van der Waals surface area contributed by atoms with Gasteiger partial charge >= 0.3 is 0 Å². The average molecular weight is 401 g/mol. The third-order valence-electron chi connectivity index (χ3n) is 4.52. The number of nitrogens with zero attached hydrogens (tertiary/aromatic N) is 3. The molecule has 6 nitrogen and oxygen atoms in total. The molecule has 0 saturated carbocycles. The van der Waals surface area contributed by atoms with Crippen molar-refractivity contribution in [3.8, 4) is 0 Å². The van der Waals surface area contributed by atoms with Crippen LogP contribution in [-0.2, 0) is 11.3 Å². The summed E-state index contributed by atoms with van der Waals surface area (Å²) >= 11 is 5.93. The lowest BCUT2D eigenvalue weighted by Gasteiger charge is -2.34. The summed E-state index contributed by atoms with van der Waals surface area (Å²) in [7, 11) is 0. The number of halogens is 1. The summed E-state index contributed by atoms with van der Waals surface area (Å²) in [5.74, 6) is 0.653. The lowest BCUT2D eigenvalue weighted by Crippen LogP contribution is -2.48. The van der Waals surface area contributed by atoms with Crippen molar-refractivity contribution in [2.24, 2.45) is 5.10 Å². The van der Waals surface area contributed by atoms with E-state index in [1.165, 1.54) is 5.56 Å². The Bertz CT molecular complexity index is 807. The van der Waals surface area contributed by atoms with Crippen molar-refractivity contribution in [1.29, 1.82) is 0 Å². The van der Waals surface area contributed by atoms with E-state index in [1.807, 2.05) is 37.3 Å². The van der Waals surface area contributed by atoms with Gasteiger partial charge in [0.25, 0.3) is 5.91 Å². The first-order chi connectivity index (χ1) is 13.6. The van der Waals surface area contributed by atoms with Crippen LogP contribution in [-0.4, -0.2) is 54.6 Å². The molecular weight excluding hydrogens is 376 g/mol. The van der Waals surface area contributed by atoms with Gasteiger partial charge in [-0.15, -0.1) is 0 Å². The summed E-state index contributed by atoms with van der Waals surface area (Å²) in [5, 5.41) is 4.77. The summed E-state index contributed by atoms with van der Waals surface area (Å²) < 4.78 is 5.24. The second kappa shape index (κ2) is 10.2. The largest absolute Gasteiger partial charge is 0.465 e. The van der Waals surface area contributed by atoms with E-state index in [0.29, 0.717) is 6.54 Å². The SMILES string of the molecule is CC(/C=N\NC(=O)CN1CCN(Cc2ccc(Cl)cc2)CC1)=C\c1ccco1. The number of amides is 1. The van der Waals surface area contributed by atoms with Gasteiger partial charge < -0.3 is 4.42 Å². The number of rotatable bonds is 7.